The van der Waals surface area contributed by atoms with Gasteiger partial charge in [0, 0.05) is 18.0 Å². The maximum Gasteiger partial charge on any atom is 0.258 e. The number of hydrogen-bond donors (Lipinski definition) is 0. The average Bonchev–Trinajstić information content (AvgIpc) is 2.69. The van der Waals surface area contributed by atoms with Crippen molar-refractivity contribution in [1.29, 1.82) is 0 Å². The Hall–Kier alpha value is -3.21. The summed E-state index contributed by atoms with van der Waals surface area (Å²) in [5.74, 6) is 1.90. The second kappa shape index (κ2) is 6.96. The van der Waals surface area contributed by atoms with Gasteiger partial charge in [-0.25, -0.2) is 0 Å². The molecule has 5 nitrogen and oxygen atoms in total. The zero-order chi connectivity index (χ0) is 18.8. The lowest BCUT2D eigenvalue weighted by atomic mass is 10.0. The quantitative estimate of drug-likeness (QED) is 0.700. The lowest BCUT2D eigenvalue weighted by molar-refractivity contribution is 0.355. The Bertz CT molecular complexity index is 1050. The molecule has 134 valence electrons. The Morgan fingerprint density at radius 1 is 0.962 bits per heavy atom. The van der Waals surface area contributed by atoms with Crippen LogP contribution in [0.2, 0.25) is 0 Å². The van der Waals surface area contributed by atoms with Crippen LogP contribution >= 0.6 is 0 Å². The van der Waals surface area contributed by atoms with E-state index in [0.29, 0.717) is 22.6 Å². The van der Waals surface area contributed by atoms with Gasteiger partial charge in [-0.2, -0.15) is 0 Å². The highest BCUT2D eigenvalue weighted by molar-refractivity contribution is 5.88. The highest BCUT2D eigenvalue weighted by Gasteiger charge is 2.15. The largest absolute Gasteiger partial charge is 0.497 e. The van der Waals surface area contributed by atoms with E-state index >= 15 is 0 Å². The summed E-state index contributed by atoms with van der Waals surface area (Å²) in [6, 6.07) is 11.1. The second-order valence-corrected chi connectivity index (χ2v) is 5.85. The monoisotopic (exact) mass is 351 g/mol. The third-order valence-electron chi connectivity index (χ3n) is 4.50. The molecule has 0 aliphatic carbocycles. The van der Waals surface area contributed by atoms with Crippen LogP contribution < -0.4 is 19.8 Å². The van der Waals surface area contributed by atoms with Crippen LogP contribution in [0.5, 0.6) is 17.2 Å². The van der Waals surface area contributed by atoms with Crippen LogP contribution in [0.4, 0.5) is 0 Å². The minimum absolute atomic E-state index is 0.0787. The fourth-order valence-corrected chi connectivity index (χ4v) is 3.06. The van der Waals surface area contributed by atoms with E-state index in [1.165, 1.54) is 0 Å². The third kappa shape index (κ3) is 2.81. The molecule has 26 heavy (non-hydrogen) atoms. The van der Waals surface area contributed by atoms with Crippen LogP contribution in [-0.2, 0) is 7.05 Å². The first kappa shape index (κ1) is 17.6. The number of ether oxygens (including phenoxy) is 3. The highest BCUT2D eigenvalue weighted by atomic mass is 16.5. The van der Waals surface area contributed by atoms with Gasteiger partial charge in [0.1, 0.15) is 5.75 Å². The molecule has 0 aliphatic heterocycles. The SMILES string of the molecule is C=Cc1cc(OC)c(OC)cc1-c1cc2cc(OC)ccc2c(=O)n1C. The van der Waals surface area contributed by atoms with Crippen molar-refractivity contribution in [2.75, 3.05) is 21.3 Å². The Balaban J connectivity index is 2.36. The first-order valence-corrected chi connectivity index (χ1v) is 8.10. The summed E-state index contributed by atoms with van der Waals surface area (Å²) in [6.07, 6.45) is 1.73. The second-order valence-electron chi connectivity index (χ2n) is 5.85. The molecule has 0 N–H and O–H groups in total. The van der Waals surface area contributed by atoms with Crippen LogP contribution in [-0.4, -0.2) is 25.9 Å². The van der Waals surface area contributed by atoms with Gasteiger partial charge < -0.3 is 18.8 Å². The molecular formula is C21H21NO4. The topological polar surface area (TPSA) is 49.7 Å². The van der Waals surface area contributed by atoms with Crippen molar-refractivity contribution in [2.45, 2.75) is 0 Å². The molecule has 0 spiro atoms. The van der Waals surface area contributed by atoms with E-state index in [1.807, 2.05) is 24.3 Å². The number of benzene rings is 2. The molecule has 0 atom stereocenters. The molecule has 0 unspecified atom stereocenters. The number of rotatable bonds is 5. The van der Waals surface area contributed by atoms with Crippen molar-refractivity contribution in [3.63, 3.8) is 0 Å². The van der Waals surface area contributed by atoms with Crippen molar-refractivity contribution >= 4 is 16.8 Å². The minimum Gasteiger partial charge on any atom is -0.497 e. The zero-order valence-corrected chi connectivity index (χ0v) is 15.3. The summed E-state index contributed by atoms with van der Waals surface area (Å²) in [5.41, 5.74) is 2.36. The molecule has 5 heteroatoms. The van der Waals surface area contributed by atoms with Gasteiger partial charge in [-0.15, -0.1) is 0 Å². The van der Waals surface area contributed by atoms with Crippen LogP contribution in [0, 0.1) is 0 Å². The predicted octanol–water partition coefficient (Wildman–Crippen LogP) is 3.87. The molecule has 0 aliphatic rings. The van der Waals surface area contributed by atoms with Gasteiger partial charge in [0.05, 0.1) is 27.0 Å². The molecule has 0 saturated heterocycles. The standard InChI is InChI=1S/C21H21NO4/c1-6-13-11-19(25-4)20(26-5)12-17(13)18-10-14-9-15(24-3)7-8-16(14)21(23)22(18)2/h6-12H,1H2,2-5H3. The van der Waals surface area contributed by atoms with Crippen molar-refractivity contribution < 1.29 is 14.2 Å². The molecular weight excluding hydrogens is 330 g/mol. The van der Waals surface area contributed by atoms with Gasteiger partial charge in [0.15, 0.2) is 11.5 Å². The Labute approximate surface area is 152 Å². The molecule has 1 aromatic heterocycles. The maximum absolute atomic E-state index is 12.8. The number of fused-ring (bicyclic) bond motifs is 1. The summed E-state index contributed by atoms with van der Waals surface area (Å²) in [7, 11) is 6.53. The molecule has 3 aromatic rings. The van der Waals surface area contributed by atoms with Gasteiger partial charge in [-0.3, -0.25) is 4.79 Å². The maximum atomic E-state index is 12.8. The van der Waals surface area contributed by atoms with Crippen LogP contribution in [0.15, 0.2) is 47.8 Å². The molecule has 0 radical (unpaired) electrons. The van der Waals surface area contributed by atoms with Crippen LogP contribution in [0.1, 0.15) is 5.56 Å². The Morgan fingerprint density at radius 2 is 1.65 bits per heavy atom. The predicted molar refractivity (Wildman–Crippen MR) is 104 cm³/mol. The molecule has 0 bridgehead atoms. The average molecular weight is 351 g/mol. The summed E-state index contributed by atoms with van der Waals surface area (Å²) in [5, 5.41) is 1.45. The lowest BCUT2D eigenvalue weighted by Gasteiger charge is -2.16. The number of aromatic nitrogens is 1. The van der Waals surface area contributed by atoms with E-state index in [9.17, 15) is 4.79 Å². The summed E-state index contributed by atoms with van der Waals surface area (Å²) in [6.45, 7) is 3.89. The number of pyridine rings is 1. The number of hydrogen-bond acceptors (Lipinski definition) is 4. The van der Waals surface area contributed by atoms with E-state index in [1.54, 1.807) is 51.2 Å². The van der Waals surface area contributed by atoms with E-state index in [-0.39, 0.29) is 5.56 Å². The lowest BCUT2D eigenvalue weighted by Crippen LogP contribution is -2.18. The molecule has 0 saturated carbocycles. The number of methoxy groups -OCH3 is 3. The van der Waals surface area contributed by atoms with Crippen LogP contribution in [0.25, 0.3) is 28.1 Å². The molecule has 1 heterocycles. The van der Waals surface area contributed by atoms with Crippen molar-refractivity contribution in [2.24, 2.45) is 7.05 Å². The van der Waals surface area contributed by atoms with E-state index in [0.717, 1.165) is 22.2 Å². The van der Waals surface area contributed by atoms with Gasteiger partial charge >= 0.3 is 0 Å². The third-order valence-corrected chi connectivity index (χ3v) is 4.50. The van der Waals surface area contributed by atoms with Crippen LogP contribution in [0.3, 0.4) is 0 Å². The minimum atomic E-state index is -0.0787. The van der Waals surface area contributed by atoms with Crippen molar-refractivity contribution in [3.8, 4) is 28.5 Å². The summed E-state index contributed by atoms with van der Waals surface area (Å²) >= 11 is 0. The zero-order valence-electron chi connectivity index (χ0n) is 15.3. The van der Waals surface area contributed by atoms with Crippen molar-refractivity contribution in [3.05, 3.63) is 58.9 Å². The Morgan fingerprint density at radius 3 is 2.27 bits per heavy atom. The van der Waals surface area contributed by atoms with Gasteiger partial charge in [0.2, 0.25) is 0 Å². The molecule has 2 aromatic carbocycles. The van der Waals surface area contributed by atoms with E-state index in [4.69, 9.17) is 14.2 Å². The van der Waals surface area contributed by atoms with Gasteiger partial charge in [-0.05, 0) is 47.3 Å². The van der Waals surface area contributed by atoms with Crippen molar-refractivity contribution in [1.82, 2.24) is 4.57 Å². The molecule has 0 fully saturated rings. The molecule has 3 rings (SSSR count). The number of nitrogens with zero attached hydrogens (tertiary/aromatic N) is 1. The first-order valence-electron chi connectivity index (χ1n) is 8.10. The fourth-order valence-electron chi connectivity index (χ4n) is 3.06. The van der Waals surface area contributed by atoms with Gasteiger partial charge in [0.25, 0.3) is 5.56 Å². The first-order chi connectivity index (χ1) is 12.5. The smallest absolute Gasteiger partial charge is 0.258 e. The Kier molecular flexibility index (Phi) is 4.71. The summed E-state index contributed by atoms with van der Waals surface area (Å²) in [4.78, 5) is 12.8. The van der Waals surface area contributed by atoms with E-state index in [2.05, 4.69) is 6.58 Å². The summed E-state index contributed by atoms with van der Waals surface area (Å²) < 4.78 is 17.7. The highest BCUT2D eigenvalue weighted by Crippen LogP contribution is 2.36. The van der Waals surface area contributed by atoms with E-state index < -0.39 is 0 Å². The normalized spacial score (nSPS) is 10.6. The molecule has 0 amide bonds. The van der Waals surface area contributed by atoms with Gasteiger partial charge in [-0.1, -0.05) is 12.7 Å². The fraction of sp³-hybridized carbons (Fsp3) is 0.190.